The van der Waals surface area contributed by atoms with Crippen molar-refractivity contribution < 1.29 is 62.4 Å². The predicted molar refractivity (Wildman–Crippen MR) is 250 cm³/mol. The molecule has 0 fully saturated rings. The number of carbonyl (C=O) groups excluding carboxylic acids is 7. The SMILES string of the molecule is Cc1nc2c(N)nc3ccccc3c2n1CCCCNC(=O)CCNC(=O)C(CC(=O)O)SCC(NC(=O)CCOCCOCCOCCOCCNC(=O)CNC(=O)CNC(=O)CN)C(N)=O. The number of carbonyl (C=O) groups is 8. The van der Waals surface area contributed by atoms with Gasteiger partial charge in [-0.15, -0.1) is 11.8 Å². The summed E-state index contributed by atoms with van der Waals surface area (Å²) in [5.41, 5.74) is 19.1. The number of anilines is 1. The van der Waals surface area contributed by atoms with E-state index in [1.165, 1.54) is 0 Å². The molecule has 3 rings (SSSR count). The Morgan fingerprint density at radius 1 is 0.721 bits per heavy atom. The Bertz CT molecular complexity index is 2140. The highest BCUT2D eigenvalue weighted by Gasteiger charge is 2.26. The Kier molecular flexibility index (Phi) is 26.2. The fourth-order valence-corrected chi connectivity index (χ4v) is 7.34. The van der Waals surface area contributed by atoms with E-state index >= 15 is 0 Å². The van der Waals surface area contributed by atoms with Crippen molar-refractivity contribution in [2.24, 2.45) is 11.5 Å². The van der Waals surface area contributed by atoms with Gasteiger partial charge in [0.25, 0.3) is 0 Å². The first-order valence-corrected chi connectivity index (χ1v) is 23.0. The number of nitrogen functional groups attached to an aromatic ring is 1. The van der Waals surface area contributed by atoms with Gasteiger partial charge in [-0.3, -0.25) is 38.4 Å². The van der Waals surface area contributed by atoms with Gasteiger partial charge in [0.2, 0.25) is 41.4 Å². The number of carboxylic acid groups (broad SMARTS) is 1. The number of nitrogens with zero attached hydrogens (tertiary/aromatic N) is 3. The third kappa shape index (κ3) is 21.6. The highest BCUT2D eigenvalue weighted by molar-refractivity contribution is 8.00. The molecule has 0 aliphatic rings. The second-order valence-corrected chi connectivity index (χ2v) is 16.1. The summed E-state index contributed by atoms with van der Waals surface area (Å²) in [6.07, 6.45) is 0.697. The van der Waals surface area contributed by atoms with Crippen LogP contribution in [0.4, 0.5) is 5.82 Å². The molecule has 25 nitrogen and oxygen atoms in total. The van der Waals surface area contributed by atoms with Gasteiger partial charge >= 0.3 is 5.97 Å². The molecule has 1 aromatic carbocycles. The van der Waals surface area contributed by atoms with Crippen LogP contribution in [0.25, 0.3) is 21.9 Å². The average molecular weight is 977 g/mol. The number of thioether (sulfide) groups is 1. The highest BCUT2D eigenvalue weighted by Crippen LogP contribution is 2.28. The van der Waals surface area contributed by atoms with Gasteiger partial charge in [0.1, 0.15) is 17.4 Å². The normalized spacial score (nSPS) is 12.0. The van der Waals surface area contributed by atoms with E-state index in [0.29, 0.717) is 30.8 Å². The van der Waals surface area contributed by atoms with Crippen molar-refractivity contribution in [2.75, 3.05) is 104 Å². The van der Waals surface area contributed by atoms with Gasteiger partial charge in [-0.2, -0.15) is 0 Å². The molecule has 0 aliphatic carbocycles. The lowest BCUT2D eigenvalue weighted by Crippen LogP contribution is -2.47. The number of rotatable bonds is 36. The first kappa shape index (κ1) is 56.1. The monoisotopic (exact) mass is 976 g/mol. The number of carboxylic acids is 1. The molecule has 2 atom stereocenters. The molecule has 0 spiro atoms. The lowest BCUT2D eigenvalue weighted by Gasteiger charge is -2.19. The van der Waals surface area contributed by atoms with E-state index in [-0.39, 0.29) is 110 Å². The summed E-state index contributed by atoms with van der Waals surface area (Å²) in [5.74, 6) is -4.04. The van der Waals surface area contributed by atoms with Crippen LogP contribution < -0.4 is 49.1 Å². The Hall–Kier alpha value is -6.19. The zero-order chi connectivity index (χ0) is 49.7. The van der Waals surface area contributed by atoms with Crippen LogP contribution >= 0.6 is 11.8 Å². The van der Waals surface area contributed by atoms with E-state index in [1.54, 1.807) is 0 Å². The highest BCUT2D eigenvalue weighted by atomic mass is 32.2. The van der Waals surface area contributed by atoms with Crippen LogP contribution in [0.15, 0.2) is 24.3 Å². The number of hydrogen-bond acceptors (Lipinski definition) is 17. The molecule has 3 aromatic rings. The van der Waals surface area contributed by atoms with E-state index in [9.17, 15) is 43.5 Å². The zero-order valence-electron chi connectivity index (χ0n) is 38.1. The molecule has 0 bridgehead atoms. The van der Waals surface area contributed by atoms with E-state index in [4.69, 9.17) is 36.1 Å². The van der Waals surface area contributed by atoms with Crippen LogP contribution in [0.5, 0.6) is 0 Å². The topological polar surface area (TPSA) is 375 Å². The molecule has 7 amide bonds. The molecular formula is C42H64N12O13S. The molecule has 2 heterocycles. The van der Waals surface area contributed by atoms with Crippen molar-refractivity contribution in [3.63, 3.8) is 0 Å². The molecule has 2 unspecified atom stereocenters. The van der Waals surface area contributed by atoms with E-state index < -0.39 is 59.1 Å². The lowest BCUT2D eigenvalue weighted by atomic mass is 10.2. The number of hydrogen-bond donors (Lipinski definition) is 10. The fraction of sp³-hybridized carbons (Fsp3) is 0.571. The summed E-state index contributed by atoms with van der Waals surface area (Å²) in [4.78, 5) is 105. The molecule has 13 N–H and O–H groups in total. The number of primary amides is 1. The molecule has 68 heavy (non-hydrogen) atoms. The second kappa shape index (κ2) is 31.7. The van der Waals surface area contributed by atoms with Crippen LogP contribution in [0.3, 0.4) is 0 Å². The number of para-hydroxylation sites is 1. The second-order valence-electron chi connectivity index (χ2n) is 14.9. The Labute approximate surface area is 396 Å². The number of aliphatic carboxylic acids is 1. The number of amides is 7. The molecule has 0 aliphatic heterocycles. The number of pyridine rings is 1. The molecule has 376 valence electrons. The Morgan fingerprint density at radius 2 is 1.34 bits per heavy atom. The predicted octanol–water partition coefficient (Wildman–Crippen LogP) is -2.81. The molecular weight excluding hydrogens is 913 g/mol. The van der Waals surface area contributed by atoms with Crippen LogP contribution in [-0.4, -0.2) is 176 Å². The van der Waals surface area contributed by atoms with Gasteiger partial charge in [-0.05, 0) is 25.8 Å². The van der Waals surface area contributed by atoms with Crippen molar-refractivity contribution >= 4 is 86.8 Å². The smallest absolute Gasteiger partial charge is 0.305 e. The molecule has 0 radical (unpaired) electrons. The Balaban J connectivity index is 1.20. The van der Waals surface area contributed by atoms with Crippen molar-refractivity contribution in [3.05, 3.63) is 30.1 Å². The zero-order valence-corrected chi connectivity index (χ0v) is 39.0. The van der Waals surface area contributed by atoms with Gasteiger partial charge in [-0.25, -0.2) is 9.97 Å². The third-order valence-corrected chi connectivity index (χ3v) is 10.9. The minimum atomic E-state index is -1.25. The number of aromatic nitrogens is 3. The minimum Gasteiger partial charge on any atom is -0.481 e. The van der Waals surface area contributed by atoms with Crippen LogP contribution in [0, 0.1) is 6.92 Å². The Morgan fingerprint density at radius 3 is 2.00 bits per heavy atom. The van der Waals surface area contributed by atoms with E-state index in [2.05, 4.69) is 46.4 Å². The first-order valence-electron chi connectivity index (χ1n) is 22.0. The van der Waals surface area contributed by atoms with E-state index in [0.717, 1.165) is 40.4 Å². The minimum absolute atomic E-state index is 0.0115. The number of imidazole rings is 1. The van der Waals surface area contributed by atoms with Crippen LogP contribution in [0.2, 0.25) is 0 Å². The summed E-state index contributed by atoms with van der Waals surface area (Å²) < 4.78 is 23.7. The standard InChI is InChI=1S/C42H64N12O13S/c1-27-51-38-39(28-6-2-3-7-29(28)53-40(38)44)54(27)13-5-4-10-46-32(55)8-11-48-42(63)31(22-37(60)61)68-26-30(41(45)62)52-33(56)9-14-64-16-18-66-20-21-67-19-17-65-15-12-47-35(58)24-50-36(59)25-49-34(57)23-43/h2-3,6-7,30-31H,4-5,8-26,43H2,1H3,(H2,44,53)(H2,45,62)(H,46,55)(H,47,58)(H,48,63)(H,49,57)(H,50,59)(H,52,56)(H,60,61). The quantitative estimate of drug-likeness (QED) is 0.0263. The number of aryl methyl sites for hydroxylation is 2. The summed E-state index contributed by atoms with van der Waals surface area (Å²) >= 11 is 0.844. The van der Waals surface area contributed by atoms with Gasteiger partial charge in [0.15, 0.2) is 5.82 Å². The molecule has 0 saturated heterocycles. The lowest BCUT2D eigenvalue weighted by molar-refractivity contribution is -0.138. The van der Waals surface area contributed by atoms with E-state index in [1.807, 2.05) is 31.2 Å². The third-order valence-electron chi connectivity index (χ3n) is 9.61. The van der Waals surface area contributed by atoms with Gasteiger partial charge < -0.3 is 77.7 Å². The number of unbranched alkanes of at least 4 members (excludes halogenated alkanes) is 1. The maximum absolute atomic E-state index is 12.9. The summed E-state index contributed by atoms with van der Waals surface area (Å²) in [5, 5.41) is 24.3. The summed E-state index contributed by atoms with van der Waals surface area (Å²) in [6, 6.07) is 6.52. The average Bonchev–Trinajstić information content (AvgIpc) is 3.65. The fourth-order valence-electron chi connectivity index (χ4n) is 6.17. The maximum Gasteiger partial charge on any atom is 0.305 e. The summed E-state index contributed by atoms with van der Waals surface area (Å²) in [6.45, 7) is 4.13. The maximum atomic E-state index is 12.9. The number of fused-ring (bicyclic) bond motifs is 3. The van der Waals surface area contributed by atoms with Crippen molar-refractivity contribution in [2.45, 2.75) is 56.9 Å². The van der Waals surface area contributed by atoms with Gasteiger partial charge in [0, 0.05) is 50.2 Å². The number of nitrogens with one attached hydrogen (secondary N) is 6. The van der Waals surface area contributed by atoms with Gasteiger partial charge in [0.05, 0.1) is 95.2 Å². The number of benzene rings is 1. The molecule has 26 heteroatoms. The first-order chi connectivity index (χ1) is 32.7. The van der Waals surface area contributed by atoms with Crippen molar-refractivity contribution in [3.8, 4) is 0 Å². The molecule has 2 aromatic heterocycles. The summed E-state index contributed by atoms with van der Waals surface area (Å²) in [7, 11) is 0. The van der Waals surface area contributed by atoms with Crippen molar-refractivity contribution in [1.29, 1.82) is 0 Å². The van der Waals surface area contributed by atoms with Crippen molar-refractivity contribution in [1.82, 2.24) is 46.4 Å². The van der Waals surface area contributed by atoms with Crippen LogP contribution in [0.1, 0.15) is 37.9 Å². The number of nitrogens with two attached hydrogens (primary N) is 3. The number of ether oxygens (including phenoxy) is 4. The molecule has 0 saturated carbocycles. The largest absolute Gasteiger partial charge is 0.481 e. The van der Waals surface area contributed by atoms with Gasteiger partial charge in [-0.1, -0.05) is 18.2 Å². The van der Waals surface area contributed by atoms with Crippen LogP contribution in [-0.2, 0) is 63.8 Å².